The first-order chi connectivity index (χ1) is 13.1. The van der Waals surface area contributed by atoms with E-state index in [0.717, 1.165) is 24.3 Å². The van der Waals surface area contributed by atoms with Crippen LogP contribution in [0.2, 0.25) is 0 Å². The highest BCUT2D eigenvalue weighted by Gasteiger charge is 2.25. The Morgan fingerprint density at radius 3 is 2.81 bits per heavy atom. The van der Waals surface area contributed by atoms with Crippen molar-refractivity contribution in [2.45, 2.75) is 25.5 Å². The lowest BCUT2D eigenvalue weighted by atomic mass is 10.2. The average molecular weight is 392 g/mol. The van der Waals surface area contributed by atoms with Gasteiger partial charge in [-0.05, 0) is 36.4 Å². The molecule has 2 aromatic rings. The van der Waals surface area contributed by atoms with E-state index >= 15 is 0 Å². The van der Waals surface area contributed by atoms with Crippen molar-refractivity contribution < 1.29 is 23.6 Å². The molecular formula is C19H23FN3O3S+. The molecule has 0 spiro atoms. The molecule has 6 nitrogen and oxygen atoms in total. The summed E-state index contributed by atoms with van der Waals surface area (Å²) in [6, 6.07) is 9.08. The molecule has 1 aliphatic rings. The second kappa shape index (κ2) is 9.59. The van der Waals surface area contributed by atoms with Gasteiger partial charge < -0.3 is 15.0 Å². The number of anilines is 1. The molecule has 0 aliphatic carbocycles. The maximum absolute atomic E-state index is 13.6. The zero-order chi connectivity index (χ0) is 19.1. The van der Waals surface area contributed by atoms with Crippen LogP contribution in [-0.4, -0.2) is 37.7 Å². The van der Waals surface area contributed by atoms with Crippen molar-refractivity contribution in [2.24, 2.45) is 0 Å². The number of ether oxygens (including phenoxy) is 1. The topological polar surface area (TPSA) is 71.9 Å². The van der Waals surface area contributed by atoms with Crippen molar-refractivity contribution in [2.75, 3.05) is 25.0 Å². The molecule has 1 saturated heterocycles. The minimum absolute atomic E-state index is 0.0324. The molecule has 0 saturated carbocycles. The van der Waals surface area contributed by atoms with Crippen molar-refractivity contribution in [1.82, 2.24) is 5.32 Å². The standard InChI is InChI=1S/C19H22FN3O3S/c20-16-7-1-2-8-17(16)21-19(25)22-18(24)13-23(11-14-5-3-9-26-14)12-15-6-4-10-27-15/h1-2,4,6-8,10,14H,3,5,9,11-13H2,(H2,21,22,24,25)/p+1/t14-/m0/s1. The quantitative estimate of drug-likeness (QED) is 0.673. The van der Waals surface area contributed by atoms with Gasteiger partial charge in [0.05, 0.1) is 10.6 Å². The van der Waals surface area contributed by atoms with Crippen LogP contribution < -0.4 is 15.5 Å². The molecule has 1 aromatic carbocycles. The number of nitrogens with one attached hydrogen (secondary N) is 3. The number of quaternary nitrogens is 1. The minimum atomic E-state index is -0.738. The molecule has 144 valence electrons. The minimum Gasteiger partial charge on any atom is -0.372 e. The lowest BCUT2D eigenvalue weighted by Crippen LogP contribution is -3.13. The van der Waals surface area contributed by atoms with Crippen LogP contribution in [0.3, 0.4) is 0 Å². The third-order valence-corrected chi connectivity index (χ3v) is 5.21. The summed E-state index contributed by atoms with van der Waals surface area (Å²) in [4.78, 5) is 26.5. The Labute approximate surface area is 161 Å². The van der Waals surface area contributed by atoms with Gasteiger partial charge in [0, 0.05) is 6.61 Å². The van der Waals surface area contributed by atoms with E-state index in [1.807, 2.05) is 17.5 Å². The molecule has 0 radical (unpaired) electrons. The van der Waals surface area contributed by atoms with E-state index in [0.29, 0.717) is 13.1 Å². The molecule has 1 aliphatic heterocycles. The highest BCUT2D eigenvalue weighted by atomic mass is 32.1. The van der Waals surface area contributed by atoms with Crippen LogP contribution in [0.4, 0.5) is 14.9 Å². The van der Waals surface area contributed by atoms with Crippen molar-refractivity contribution in [3.63, 3.8) is 0 Å². The van der Waals surface area contributed by atoms with Gasteiger partial charge in [0.25, 0.3) is 5.91 Å². The van der Waals surface area contributed by atoms with Gasteiger partial charge in [-0.15, -0.1) is 11.3 Å². The molecule has 1 aromatic heterocycles. The van der Waals surface area contributed by atoms with Gasteiger partial charge in [-0.1, -0.05) is 18.2 Å². The van der Waals surface area contributed by atoms with E-state index < -0.39 is 17.8 Å². The number of amides is 3. The number of rotatable bonds is 7. The second-order valence-electron chi connectivity index (χ2n) is 6.50. The van der Waals surface area contributed by atoms with Crippen LogP contribution in [0.1, 0.15) is 17.7 Å². The SMILES string of the molecule is O=C(C[NH+](Cc1cccs1)C[C@@H]1CCCO1)NC(=O)Nc1ccccc1F. The number of benzene rings is 1. The maximum atomic E-state index is 13.6. The van der Waals surface area contributed by atoms with E-state index in [4.69, 9.17) is 4.74 Å². The summed E-state index contributed by atoms with van der Waals surface area (Å²) in [6.45, 7) is 2.30. The zero-order valence-electron chi connectivity index (χ0n) is 14.9. The number of thiophene rings is 1. The van der Waals surface area contributed by atoms with Gasteiger partial charge in [0.15, 0.2) is 6.54 Å². The van der Waals surface area contributed by atoms with Crippen molar-refractivity contribution in [3.05, 3.63) is 52.5 Å². The average Bonchev–Trinajstić information content (AvgIpc) is 3.31. The summed E-state index contributed by atoms with van der Waals surface area (Å²) in [5.41, 5.74) is 0.0324. The summed E-state index contributed by atoms with van der Waals surface area (Å²) in [6.07, 6.45) is 2.16. The predicted octanol–water partition coefficient (Wildman–Crippen LogP) is 1.80. The van der Waals surface area contributed by atoms with Crippen LogP contribution in [0.25, 0.3) is 0 Å². The molecule has 2 atom stereocenters. The molecular weight excluding hydrogens is 369 g/mol. The largest absolute Gasteiger partial charge is 0.372 e. The normalized spacial score (nSPS) is 17.4. The Morgan fingerprint density at radius 2 is 2.11 bits per heavy atom. The Balaban J connectivity index is 1.54. The third-order valence-electron chi connectivity index (χ3n) is 4.33. The van der Waals surface area contributed by atoms with E-state index in [1.165, 1.54) is 23.1 Å². The van der Waals surface area contributed by atoms with Crippen LogP contribution in [-0.2, 0) is 16.1 Å². The van der Waals surface area contributed by atoms with E-state index in [-0.39, 0.29) is 18.3 Å². The summed E-state index contributed by atoms with van der Waals surface area (Å²) < 4.78 is 19.3. The van der Waals surface area contributed by atoms with E-state index in [9.17, 15) is 14.0 Å². The van der Waals surface area contributed by atoms with Crippen molar-refractivity contribution in [1.29, 1.82) is 0 Å². The second-order valence-corrected chi connectivity index (χ2v) is 7.54. The highest BCUT2D eigenvalue weighted by Crippen LogP contribution is 2.12. The maximum Gasteiger partial charge on any atom is 0.326 e. The molecule has 3 amide bonds. The lowest BCUT2D eigenvalue weighted by molar-refractivity contribution is -0.908. The number of hydrogen-bond donors (Lipinski definition) is 3. The summed E-state index contributed by atoms with van der Waals surface area (Å²) in [5.74, 6) is -0.961. The van der Waals surface area contributed by atoms with Gasteiger partial charge in [-0.3, -0.25) is 10.1 Å². The summed E-state index contributed by atoms with van der Waals surface area (Å²) in [5, 5.41) is 6.63. The molecule has 27 heavy (non-hydrogen) atoms. The first-order valence-corrected chi connectivity index (χ1v) is 9.81. The molecule has 1 unspecified atom stereocenters. The fourth-order valence-corrected chi connectivity index (χ4v) is 3.88. The molecule has 8 heteroatoms. The Morgan fingerprint density at radius 1 is 1.26 bits per heavy atom. The summed E-state index contributed by atoms with van der Waals surface area (Å²) in [7, 11) is 0. The fraction of sp³-hybridized carbons (Fsp3) is 0.368. The predicted molar refractivity (Wildman–Crippen MR) is 101 cm³/mol. The number of urea groups is 1. The van der Waals surface area contributed by atoms with Crippen LogP contribution in [0.5, 0.6) is 0 Å². The van der Waals surface area contributed by atoms with Crippen LogP contribution >= 0.6 is 11.3 Å². The van der Waals surface area contributed by atoms with Crippen LogP contribution in [0.15, 0.2) is 41.8 Å². The number of halogens is 1. The Bertz CT molecular complexity index is 763. The third kappa shape index (κ3) is 6.13. The Hall–Kier alpha value is -2.29. The molecule has 0 bridgehead atoms. The van der Waals surface area contributed by atoms with Crippen molar-refractivity contribution >= 4 is 29.0 Å². The van der Waals surface area contributed by atoms with Crippen LogP contribution in [0, 0.1) is 5.82 Å². The first kappa shape index (κ1) is 19.5. The molecule has 3 N–H and O–H groups in total. The highest BCUT2D eigenvalue weighted by molar-refractivity contribution is 7.09. The number of hydrogen-bond acceptors (Lipinski definition) is 4. The van der Waals surface area contributed by atoms with Gasteiger partial charge in [0.1, 0.15) is 25.0 Å². The number of imide groups is 1. The van der Waals surface area contributed by atoms with Gasteiger partial charge in [0.2, 0.25) is 0 Å². The monoisotopic (exact) mass is 392 g/mol. The lowest BCUT2D eigenvalue weighted by Gasteiger charge is -2.21. The van der Waals surface area contributed by atoms with Crippen molar-refractivity contribution in [3.8, 4) is 0 Å². The fourth-order valence-electron chi connectivity index (χ4n) is 3.11. The molecule has 3 rings (SSSR count). The van der Waals surface area contributed by atoms with Gasteiger partial charge >= 0.3 is 6.03 Å². The first-order valence-electron chi connectivity index (χ1n) is 8.93. The zero-order valence-corrected chi connectivity index (χ0v) is 15.7. The van der Waals surface area contributed by atoms with Gasteiger partial charge in [-0.25, -0.2) is 9.18 Å². The van der Waals surface area contributed by atoms with E-state index in [2.05, 4.69) is 10.6 Å². The summed E-state index contributed by atoms with van der Waals surface area (Å²) >= 11 is 1.64. The number of carbonyl (C=O) groups excluding carboxylic acids is 2. The smallest absolute Gasteiger partial charge is 0.326 e. The molecule has 1 fully saturated rings. The number of para-hydroxylation sites is 1. The molecule has 2 heterocycles. The van der Waals surface area contributed by atoms with E-state index in [1.54, 1.807) is 17.4 Å². The number of carbonyl (C=O) groups is 2. The Kier molecular flexibility index (Phi) is 6.92. The van der Waals surface area contributed by atoms with Gasteiger partial charge in [-0.2, -0.15) is 0 Å².